The molecule has 0 aromatic heterocycles. The molecule has 0 saturated carbocycles. The van der Waals surface area contributed by atoms with Gasteiger partial charge in [-0.05, 0) is 71.4 Å². The molecule has 1 aliphatic rings. The van der Waals surface area contributed by atoms with Crippen LogP contribution in [0.3, 0.4) is 0 Å². The zero-order valence-corrected chi connectivity index (χ0v) is 31.1. The third-order valence-electron chi connectivity index (χ3n) is 7.34. The van der Waals surface area contributed by atoms with Crippen LogP contribution in [0.25, 0.3) is 0 Å². The second-order valence-electron chi connectivity index (χ2n) is 13.6. The van der Waals surface area contributed by atoms with E-state index < -0.39 is 34.6 Å². The number of carboxylic acid groups (broad SMARTS) is 1. The molecule has 3 rings (SSSR count). The standard InChI is InChI=1S/C37H54N2O13/c1-35(2,3)52-34(43)39-36(4,5)32(40)38-37(6,33(41)42)26-27-11-12-30-31(25-27)51-24-20-47-16-15-45-18-22-49-29-10-8-7-9-28(29)48-21-17-44-13-14-46-19-23-50-30/h7-12,25H,13-24,26H2,1-6H3,(H,38,40)(H,39,43)(H,41,42)/t37-/m0/s1. The highest BCUT2D eigenvalue weighted by molar-refractivity contribution is 5.93. The first-order valence-electron chi connectivity index (χ1n) is 17.3. The molecule has 15 nitrogen and oxygen atoms in total. The molecule has 0 bridgehead atoms. The Labute approximate surface area is 305 Å². The van der Waals surface area contributed by atoms with E-state index in [1.165, 1.54) is 20.8 Å². The smallest absolute Gasteiger partial charge is 0.408 e. The minimum atomic E-state index is -1.75. The van der Waals surface area contributed by atoms with Crippen molar-refractivity contribution in [3.63, 3.8) is 0 Å². The van der Waals surface area contributed by atoms with Crippen LogP contribution in [0.4, 0.5) is 4.79 Å². The lowest BCUT2D eigenvalue weighted by Crippen LogP contribution is -2.63. The summed E-state index contributed by atoms with van der Waals surface area (Å²) in [4.78, 5) is 38.1. The van der Waals surface area contributed by atoms with E-state index in [9.17, 15) is 19.5 Å². The fourth-order valence-electron chi connectivity index (χ4n) is 4.67. The van der Waals surface area contributed by atoms with Crippen LogP contribution in [-0.4, -0.2) is 119 Å². The van der Waals surface area contributed by atoms with Crippen LogP contribution in [0.5, 0.6) is 23.0 Å². The van der Waals surface area contributed by atoms with Crippen molar-refractivity contribution in [3.8, 4) is 23.0 Å². The van der Waals surface area contributed by atoms with Crippen molar-refractivity contribution in [2.24, 2.45) is 0 Å². The van der Waals surface area contributed by atoms with Gasteiger partial charge >= 0.3 is 12.1 Å². The zero-order chi connectivity index (χ0) is 38.0. The molecule has 1 aliphatic heterocycles. The van der Waals surface area contributed by atoms with Gasteiger partial charge in [0.1, 0.15) is 43.1 Å². The fourth-order valence-corrected chi connectivity index (χ4v) is 4.67. The van der Waals surface area contributed by atoms with Crippen molar-refractivity contribution in [3.05, 3.63) is 48.0 Å². The molecule has 52 heavy (non-hydrogen) atoms. The van der Waals surface area contributed by atoms with Crippen molar-refractivity contribution < 1.29 is 62.1 Å². The summed E-state index contributed by atoms with van der Waals surface area (Å²) in [7, 11) is 0. The Hall–Kier alpha value is -4.31. The molecule has 15 heteroatoms. The molecule has 0 aliphatic carbocycles. The number of ether oxygens (including phenoxy) is 9. The van der Waals surface area contributed by atoms with Gasteiger partial charge in [0.05, 0.1) is 52.9 Å². The summed E-state index contributed by atoms with van der Waals surface area (Å²) >= 11 is 0. The van der Waals surface area contributed by atoms with Crippen LogP contribution in [0.1, 0.15) is 47.1 Å². The van der Waals surface area contributed by atoms with Gasteiger partial charge in [0, 0.05) is 6.42 Å². The number of fused-ring (bicyclic) bond motifs is 2. The third kappa shape index (κ3) is 15.1. The van der Waals surface area contributed by atoms with Gasteiger partial charge in [0.25, 0.3) is 0 Å². The van der Waals surface area contributed by atoms with E-state index in [0.29, 0.717) is 81.4 Å². The molecule has 2 amide bonds. The van der Waals surface area contributed by atoms with Gasteiger partial charge in [-0.1, -0.05) is 18.2 Å². The summed E-state index contributed by atoms with van der Waals surface area (Å²) < 4.78 is 51.4. The molecule has 2 aromatic rings. The van der Waals surface area contributed by atoms with E-state index in [2.05, 4.69) is 10.6 Å². The molecule has 0 saturated heterocycles. The number of alkyl carbamates (subject to hydrolysis) is 1. The molecule has 0 unspecified atom stereocenters. The van der Waals surface area contributed by atoms with Crippen molar-refractivity contribution in [2.75, 3.05) is 79.3 Å². The minimum Gasteiger partial charge on any atom is -0.487 e. The molecular weight excluding hydrogens is 680 g/mol. The molecule has 1 heterocycles. The Kier molecular flexibility index (Phi) is 16.7. The zero-order valence-electron chi connectivity index (χ0n) is 31.1. The number of hydrogen-bond donors (Lipinski definition) is 3. The average Bonchev–Trinajstić information content (AvgIpc) is 3.06. The number of benzene rings is 2. The third-order valence-corrected chi connectivity index (χ3v) is 7.34. The summed E-state index contributed by atoms with van der Waals surface area (Å²) in [5.74, 6) is 0.0481. The van der Waals surface area contributed by atoms with Crippen LogP contribution in [0.2, 0.25) is 0 Å². The molecule has 0 spiro atoms. The Bertz CT molecular complexity index is 1430. The van der Waals surface area contributed by atoms with Crippen LogP contribution in [0, 0.1) is 0 Å². The Morgan fingerprint density at radius 2 is 1.04 bits per heavy atom. The van der Waals surface area contributed by atoms with Gasteiger partial charge in [-0.25, -0.2) is 9.59 Å². The first-order valence-corrected chi connectivity index (χ1v) is 17.3. The van der Waals surface area contributed by atoms with E-state index in [0.717, 1.165) is 0 Å². The SMILES string of the molecule is CC(C)(C)OC(=O)NC(C)(C)C(=O)N[C@@](C)(Cc1ccc2c(c1)OCCOCCOCCOc1ccccc1OCCOCCOCCO2)C(=O)O. The lowest BCUT2D eigenvalue weighted by molar-refractivity contribution is -0.147. The topological polar surface area (TPSA) is 179 Å². The lowest BCUT2D eigenvalue weighted by Gasteiger charge is -2.33. The Morgan fingerprint density at radius 3 is 1.48 bits per heavy atom. The predicted octanol–water partition coefficient (Wildman–Crippen LogP) is 3.79. The minimum absolute atomic E-state index is 0.107. The van der Waals surface area contributed by atoms with E-state index >= 15 is 0 Å². The highest BCUT2D eigenvalue weighted by Crippen LogP contribution is 2.30. The highest BCUT2D eigenvalue weighted by atomic mass is 16.6. The predicted molar refractivity (Wildman–Crippen MR) is 189 cm³/mol. The maximum atomic E-state index is 13.3. The number of amides is 2. The number of carbonyl (C=O) groups is 3. The van der Waals surface area contributed by atoms with Crippen LogP contribution in [0.15, 0.2) is 42.5 Å². The van der Waals surface area contributed by atoms with E-state index in [4.69, 9.17) is 42.6 Å². The van der Waals surface area contributed by atoms with Gasteiger partial charge in [0.15, 0.2) is 23.0 Å². The van der Waals surface area contributed by atoms with Crippen LogP contribution < -0.4 is 29.6 Å². The molecule has 2 aromatic carbocycles. The van der Waals surface area contributed by atoms with Crippen molar-refractivity contribution in [1.82, 2.24) is 10.6 Å². The van der Waals surface area contributed by atoms with Crippen molar-refractivity contribution >= 4 is 18.0 Å². The fraction of sp³-hybridized carbons (Fsp3) is 0.595. The largest absolute Gasteiger partial charge is 0.487 e. The van der Waals surface area contributed by atoms with E-state index in [1.54, 1.807) is 39.0 Å². The Morgan fingerprint density at radius 1 is 0.615 bits per heavy atom. The summed E-state index contributed by atoms with van der Waals surface area (Å²) in [6.45, 7) is 13.1. The van der Waals surface area contributed by atoms with Gasteiger partial charge in [0.2, 0.25) is 5.91 Å². The van der Waals surface area contributed by atoms with Gasteiger partial charge in [-0.3, -0.25) is 4.79 Å². The first kappa shape index (κ1) is 42.1. The molecule has 1 atom stereocenters. The second kappa shape index (κ2) is 20.7. The number of rotatable bonds is 6. The van der Waals surface area contributed by atoms with Crippen molar-refractivity contribution in [2.45, 2.75) is 64.6 Å². The van der Waals surface area contributed by atoms with E-state index in [1.807, 2.05) is 24.3 Å². The van der Waals surface area contributed by atoms with Gasteiger partial charge < -0.3 is 58.4 Å². The lowest BCUT2D eigenvalue weighted by atomic mass is 9.91. The summed E-state index contributed by atoms with van der Waals surface area (Å²) in [6, 6.07) is 12.4. The van der Waals surface area contributed by atoms with E-state index in [-0.39, 0.29) is 32.8 Å². The number of para-hydroxylation sites is 2. The molecule has 290 valence electrons. The number of hydrogen-bond acceptors (Lipinski definition) is 12. The first-order chi connectivity index (χ1) is 24.7. The number of carbonyl (C=O) groups excluding carboxylic acids is 2. The number of nitrogens with one attached hydrogen (secondary N) is 2. The Balaban J connectivity index is 1.64. The van der Waals surface area contributed by atoms with Gasteiger partial charge in [-0.2, -0.15) is 0 Å². The average molecular weight is 735 g/mol. The maximum Gasteiger partial charge on any atom is 0.408 e. The van der Waals surface area contributed by atoms with Crippen LogP contribution >= 0.6 is 0 Å². The van der Waals surface area contributed by atoms with Crippen molar-refractivity contribution in [1.29, 1.82) is 0 Å². The maximum absolute atomic E-state index is 13.3. The molecular formula is C37H54N2O13. The summed E-state index contributed by atoms with van der Waals surface area (Å²) in [5, 5.41) is 15.3. The monoisotopic (exact) mass is 734 g/mol. The molecule has 0 fully saturated rings. The number of aliphatic carboxylic acids is 1. The highest BCUT2D eigenvalue weighted by Gasteiger charge is 2.41. The molecule has 3 N–H and O–H groups in total. The van der Waals surface area contributed by atoms with Crippen LogP contribution in [-0.2, 0) is 39.7 Å². The normalized spacial score (nSPS) is 17.3. The summed E-state index contributed by atoms with van der Waals surface area (Å²) in [5.41, 5.74) is -3.46. The quantitative estimate of drug-likeness (QED) is 0.391. The van der Waals surface area contributed by atoms with Gasteiger partial charge in [-0.15, -0.1) is 0 Å². The second-order valence-corrected chi connectivity index (χ2v) is 13.6. The summed E-state index contributed by atoms with van der Waals surface area (Å²) in [6.07, 6.45) is -0.913. The number of carboxylic acids is 1. The molecule has 0 radical (unpaired) electrons.